The van der Waals surface area contributed by atoms with E-state index in [1.165, 1.54) is 30.5 Å². The lowest BCUT2D eigenvalue weighted by atomic mass is 10.1. The van der Waals surface area contributed by atoms with Gasteiger partial charge in [0, 0.05) is 33.6 Å². The number of benzene rings is 2. The number of nitrogens with zero attached hydrogens (tertiary/aromatic N) is 1. The third-order valence-electron chi connectivity index (χ3n) is 3.94. The van der Waals surface area contributed by atoms with Crippen molar-refractivity contribution in [2.24, 2.45) is 0 Å². The summed E-state index contributed by atoms with van der Waals surface area (Å²) in [7, 11) is 0. The van der Waals surface area contributed by atoms with E-state index in [9.17, 15) is 14.0 Å². The molecule has 2 N–H and O–H groups in total. The molecular weight excluding hydrogens is 321 g/mol. The molecule has 2 aromatic heterocycles. The van der Waals surface area contributed by atoms with Gasteiger partial charge in [-0.25, -0.2) is 4.39 Å². The van der Waals surface area contributed by atoms with Crippen LogP contribution in [-0.4, -0.2) is 15.9 Å². The SMILES string of the molecule is O=C(Nc1cccnc1)c1ccc2[nH]c3ccc(F)cc3c(=O)c2c1. The minimum Gasteiger partial charge on any atom is -0.354 e. The van der Waals surface area contributed by atoms with Gasteiger partial charge in [-0.3, -0.25) is 14.6 Å². The molecule has 0 saturated heterocycles. The number of carbonyl (C=O) groups excluding carboxylic acids is 1. The number of rotatable bonds is 2. The molecule has 0 bridgehead atoms. The van der Waals surface area contributed by atoms with Gasteiger partial charge in [0.05, 0.1) is 11.9 Å². The molecule has 25 heavy (non-hydrogen) atoms. The van der Waals surface area contributed by atoms with E-state index in [0.29, 0.717) is 27.7 Å². The number of hydrogen-bond donors (Lipinski definition) is 2. The second-order valence-corrected chi connectivity index (χ2v) is 5.60. The molecular formula is C19H12FN3O2. The van der Waals surface area contributed by atoms with Gasteiger partial charge in [0.1, 0.15) is 5.82 Å². The van der Waals surface area contributed by atoms with Crippen LogP contribution < -0.4 is 10.7 Å². The zero-order valence-corrected chi connectivity index (χ0v) is 12.9. The molecule has 0 saturated carbocycles. The summed E-state index contributed by atoms with van der Waals surface area (Å²) < 4.78 is 13.4. The van der Waals surface area contributed by atoms with Crippen molar-refractivity contribution in [3.63, 3.8) is 0 Å². The number of anilines is 1. The Morgan fingerprint density at radius 2 is 1.80 bits per heavy atom. The highest BCUT2D eigenvalue weighted by atomic mass is 19.1. The monoisotopic (exact) mass is 333 g/mol. The van der Waals surface area contributed by atoms with Gasteiger partial charge in [0.2, 0.25) is 0 Å². The standard InChI is InChI=1S/C19H12FN3O2/c20-12-4-6-17-15(9-12)18(24)14-8-11(3-5-16(14)23-17)19(25)22-13-2-1-7-21-10-13/h1-10H,(H,22,25)(H,23,24). The maximum atomic E-state index is 13.4. The lowest BCUT2D eigenvalue weighted by Crippen LogP contribution is -2.13. The van der Waals surface area contributed by atoms with Gasteiger partial charge in [-0.1, -0.05) is 0 Å². The number of aromatic amines is 1. The maximum absolute atomic E-state index is 13.4. The van der Waals surface area contributed by atoms with Gasteiger partial charge in [-0.2, -0.15) is 0 Å². The first-order chi connectivity index (χ1) is 12.1. The molecule has 122 valence electrons. The lowest BCUT2D eigenvalue weighted by molar-refractivity contribution is 0.102. The van der Waals surface area contributed by atoms with E-state index in [1.807, 2.05) is 0 Å². The Morgan fingerprint density at radius 3 is 2.56 bits per heavy atom. The molecule has 2 aromatic carbocycles. The van der Waals surface area contributed by atoms with E-state index in [4.69, 9.17) is 0 Å². The van der Waals surface area contributed by atoms with Gasteiger partial charge >= 0.3 is 0 Å². The number of fused-ring (bicyclic) bond motifs is 2. The smallest absolute Gasteiger partial charge is 0.255 e. The summed E-state index contributed by atoms with van der Waals surface area (Å²) in [6.07, 6.45) is 3.14. The van der Waals surface area contributed by atoms with Crippen molar-refractivity contribution in [3.05, 3.63) is 82.5 Å². The van der Waals surface area contributed by atoms with E-state index >= 15 is 0 Å². The molecule has 0 unspecified atom stereocenters. The van der Waals surface area contributed by atoms with Gasteiger partial charge in [0.15, 0.2) is 5.43 Å². The van der Waals surface area contributed by atoms with Crippen LogP contribution in [0.3, 0.4) is 0 Å². The highest BCUT2D eigenvalue weighted by Gasteiger charge is 2.11. The fourth-order valence-electron chi connectivity index (χ4n) is 2.73. The van der Waals surface area contributed by atoms with Crippen LogP contribution in [0.15, 0.2) is 65.7 Å². The topological polar surface area (TPSA) is 74.8 Å². The molecule has 0 atom stereocenters. The molecule has 4 aromatic rings. The molecule has 1 amide bonds. The molecule has 0 aliphatic rings. The summed E-state index contributed by atoms with van der Waals surface area (Å²) in [6.45, 7) is 0. The van der Waals surface area contributed by atoms with Crippen LogP contribution in [0.2, 0.25) is 0 Å². The zero-order valence-electron chi connectivity index (χ0n) is 12.9. The summed E-state index contributed by atoms with van der Waals surface area (Å²) >= 11 is 0. The second kappa shape index (κ2) is 5.83. The Hall–Kier alpha value is -3.54. The van der Waals surface area contributed by atoms with E-state index in [-0.39, 0.29) is 16.7 Å². The number of halogens is 1. The molecule has 0 aliphatic heterocycles. The van der Waals surface area contributed by atoms with Crippen LogP contribution in [0.1, 0.15) is 10.4 Å². The Kier molecular flexibility index (Phi) is 3.50. The lowest BCUT2D eigenvalue weighted by Gasteiger charge is -2.07. The number of nitrogens with one attached hydrogen (secondary N) is 2. The summed E-state index contributed by atoms with van der Waals surface area (Å²) in [4.78, 5) is 32.0. The van der Waals surface area contributed by atoms with Crippen molar-refractivity contribution in [1.29, 1.82) is 0 Å². The quantitative estimate of drug-likeness (QED) is 0.552. The summed E-state index contributed by atoms with van der Waals surface area (Å²) in [5.41, 5.74) is 1.70. The van der Waals surface area contributed by atoms with Crippen LogP contribution >= 0.6 is 0 Å². The van der Waals surface area contributed by atoms with E-state index in [0.717, 1.165) is 0 Å². The molecule has 6 heteroatoms. The molecule has 0 aliphatic carbocycles. The van der Waals surface area contributed by atoms with Gasteiger partial charge < -0.3 is 10.3 Å². The minimum atomic E-state index is -0.483. The number of hydrogen-bond acceptors (Lipinski definition) is 3. The number of H-pyrrole nitrogens is 1. The highest BCUT2D eigenvalue weighted by molar-refractivity contribution is 6.06. The summed E-state index contributed by atoms with van der Waals surface area (Å²) in [5, 5.41) is 3.29. The first kappa shape index (κ1) is 15.0. The van der Waals surface area contributed by atoms with Crippen LogP contribution in [0.4, 0.5) is 10.1 Å². The molecule has 5 nitrogen and oxygen atoms in total. The molecule has 4 rings (SSSR count). The second-order valence-electron chi connectivity index (χ2n) is 5.60. The fourth-order valence-corrected chi connectivity index (χ4v) is 2.73. The fraction of sp³-hybridized carbons (Fsp3) is 0. The van der Waals surface area contributed by atoms with Crippen LogP contribution in [0.25, 0.3) is 21.8 Å². The summed E-state index contributed by atoms with van der Waals surface area (Å²) in [5.74, 6) is -0.837. The normalized spacial score (nSPS) is 10.9. The van der Waals surface area contributed by atoms with E-state index < -0.39 is 5.82 Å². The number of carbonyl (C=O) groups is 1. The van der Waals surface area contributed by atoms with E-state index in [1.54, 1.807) is 30.5 Å². The molecule has 0 radical (unpaired) electrons. The minimum absolute atomic E-state index is 0.248. The Balaban J connectivity index is 1.81. The Bertz CT molecular complexity index is 1170. The molecule has 2 heterocycles. The van der Waals surface area contributed by atoms with Gasteiger partial charge in [-0.05, 0) is 48.5 Å². The predicted octanol–water partition coefficient (Wildman–Crippen LogP) is 3.47. The highest BCUT2D eigenvalue weighted by Crippen LogP contribution is 2.18. The third-order valence-corrected chi connectivity index (χ3v) is 3.94. The molecule has 0 spiro atoms. The van der Waals surface area contributed by atoms with Crippen LogP contribution in [0, 0.1) is 5.82 Å². The van der Waals surface area contributed by atoms with Crippen molar-refractivity contribution in [2.45, 2.75) is 0 Å². The van der Waals surface area contributed by atoms with Crippen molar-refractivity contribution in [1.82, 2.24) is 9.97 Å². The van der Waals surface area contributed by atoms with Crippen LogP contribution in [0.5, 0.6) is 0 Å². The maximum Gasteiger partial charge on any atom is 0.255 e. The van der Waals surface area contributed by atoms with Crippen LogP contribution in [-0.2, 0) is 0 Å². The van der Waals surface area contributed by atoms with Crippen molar-refractivity contribution < 1.29 is 9.18 Å². The van der Waals surface area contributed by atoms with Gasteiger partial charge in [0.25, 0.3) is 5.91 Å². The Morgan fingerprint density at radius 1 is 1.04 bits per heavy atom. The number of aromatic nitrogens is 2. The average molecular weight is 333 g/mol. The van der Waals surface area contributed by atoms with Crippen molar-refractivity contribution in [3.8, 4) is 0 Å². The number of pyridine rings is 2. The summed E-state index contributed by atoms with van der Waals surface area (Å²) in [6, 6.07) is 12.2. The Labute approximate surface area is 141 Å². The van der Waals surface area contributed by atoms with Crippen molar-refractivity contribution in [2.75, 3.05) is 5.32 Å². The number of amides is 1. The zero-order chi connectivity index (χ0) is 17.4. The average Bonchev–Trinajstić information content (AvgIpc) is 2.63. The first-order valence-corrected chi connectivity index (χ1v) is 7.58. The largest absolute Gasteiger partial charge is 0.354 e. The molecule has 0 fully saturated rings. The van der Waals surface area contributed by atoms with E-state index in [2.05, 4.69) is 15.3 Å². The van der Waals surface area contributed by atoms with Crippen molar-refractivity contribution >= 4 is 33.4 Å². The predicted molar refractivity (Wildman–Crippen MR) is 94.2 cm³/mol. The first-order valence-electron chi connectivity index (χ1n) is 7.58. The third kappa shape index (κ3) is 2.74. The van der Waals surface area contributed by atoms with Gasteiger partial charge in [-0.15, -0.1) is 0 Å².